The molecule has 1 amide bonds. The van der Waals surface area contributed by atoms with Crippen LogP contribution in [0.5, 0.6) is 0 Å². The first kappa shape index (κ1) is 12.9. The van der Waals surface area contributed by atoms with Gasteiger partial charge in [0.2, 0.25) is 4.91 Å². The number of likely N-dealkylation sites (N-methyl/N-ethyl adjacent to an activating group) is 1. The van der Waals surface area contributed by atoms with Gasteiger partial charge in [-0.25, -0.2) is 0 Å². The van der Waals surface area contributed by atoms with Crippen LogP contribution in [0.3, 0.4) is 0 Å². The fraction of sp³-hybridized carbons (Fsp3) is 0.214. The van der Waals surface area contributed by atoms with E-state index in [9.17, 15) is 9.35 Å². The van der Waals surface area contributed by atoms with Gasteiger partial charge in [-0.15, -0.1) is 0 Å². The second-order valence-electron chi connectivity index (χ2n) is 4.08. The molecule has 1 atom stereocenters. The van der Waals surface area contributed by atoms with Gasteiger partial charge in [0.05, 0.1) is 6.54 Å². The second kappa shape index (κ2) is 5.89. The van der Waals surface area contributed by atoms with E-state index < -0.39 is 11.2 Å². The molecule has 0 aromatic heterocycles. The molecule has 0 saturated carbocycles. The zero-order chi connectivity index (χ0) is 13.0. The summed E-state index contributed by atoms with van der Waals surface area (Å²) < 4.78 is 11.8. The normalized spacial score (nSPS) is 23.0. The first-order valence-corrected chi connectivity index (χ1v) is 7.07. The lowest BCUT2D eigenvalue weighted by Crippen LogP contribution is -2.40. The Morgan fingerprint density at radius 3 is 2.78 bits per heavy atom. The number of amides is 1. The van der Waals surface area contributed by atoms with Gasteiger partial charge >= 0.3 is 5.91 Å². The van der Waals surface area contributed by atoms with E-state index in [-0.39, 0.29) is 5.91 Å². The maximum Gasteiger partial charge on any atom is 0.301 e. The van der Waals surface area contributed by atoms with E-state index in [2.05, 4.69) is 0 Å². The van der Waals surface area contributed by atoms with Gasteiger partial charge in [-0.3, -0.25) is 4.79 Å². The van der Waals surface area contributed by atoms with Crippen molar-refractivity contribution < 1.29 is 9.35 Å². The lowest BCUT2D eigenvalue weighted by atomic mass is 10.2. The molecule has 18 heavy (non-hydrogen) atoms. The Bertz CT molecular complexity index is 482. The average Bonchev–Trinajstić information content (AvgIpc) is 2.39. The summed E-state index contributed by atoms with van der Waals surface area (Å²) in [5.41, 5.74) is 1.05. The van der Waals surface area contributed by atoms with Crippen LogP contribution in [0.15, 0.2) is 47.4 Å². The zero-order valence-corrected chi connectivity index (χ0v) is 11.0. The Labute approximate surface area is 110 Å². The summed E-state index contributed by atoms with van der Waals surface area (Å²) in [5, 5.41) is 0. The third-order valence-corrected chi connectivity index (χ3v) is 4.11. The van der Waals surface area contributed by atoms with Crippen LogP contribution in [0.25, 0.3) is 6.08 Å². The molecule has 0 N–H and O–H groups in total. The maximum absolute atomic E-state index is 11.8. The minimum atomic E-state index is -1.17. The van der Waals surface area contributed by atoms with Crippen LogP contribution in [0.4, 0.5) is 0 Å². The van der Waals surface area contributed by atoms with Gasteiger partial charge in [-0.05, 0) is 22.8 Å². The Hall–Kier alpha value is -1.52. The van der Waals surface area contributed by atoms with Gasteiger partial charge in [0, 0.05) is 7.05 Å². The highest BCUT2D eigenvalue weighted by molar-refractivity contribution is 7.96. The van der Waals surface area contributed by atoms with E-state index in [0.717, 1.165) is 5.56 Å². The molecule has 0 radical (unpaired) electrons. The lowest BCUT2D eigenvalue weighted by Gasteiger charge is -2.25. The van der Waals surface area contributed by atoms with Gasteiger partial charge in [-0.1, -0.05) is 42.5 Å². The molecule has 0 bridgehead atoms. The largest absolute Gasteiger partial charge is 0.611 e. The quantitative estimate of drug-likeness (QED) is 0.602. The summed E-state index contributed by atoms with van der Waals surface area (Å²) in [5.74, 6) is 0.380. The molecule has 1 saturated heterocycles. The number of benzene rings is 1. The molecule has 4 heteroatoms. The summed E-state index contributed by atoms with van der Waals surface area (Å²) >= 11 is -1.17. The fourth-order valence-electron chi connectivity index (χ4n) is 1.67. The summed E-state index contributed by atoms with van der Waals surface area (Å²) in [6, 6.07) is 9.79. The Morgan fingerprint density at radius 2 is 2.06 bits per heavy atom. The summed E-state index contributed by atoms with van der Waals surface area (Å²) in [4.78, 5) is 13.8. The minimum absolute atomic E-state index is 0.141. The Kier molecular flexibility index (Phi) is 4.23. The van der Waals surface area contributed by atoms with Gasteiger partial charge in [0.1, 0.15) is 5.75 Å². The SMILES string of the molecule is CN1CC[S+]([O-])/C(=C/C=C/c2ccccc2)C1=O. The van der Waals surface area contributed by atoms with Crippen molar-refractivity contribution in [2.75, 3.05) is 19.3 Å². The zero-order valence-electron chi connectivity index (χ0n) is 10.2. The molecule has 1 aliphatic heterocycles. The van der Waals surface area contributed by atoms with Crippen molar-refractivity contribution in [2.45, 2.75) is 0 Å². The van der Waals surface area contributed by atoms with Crippen molar-refractivity contribution in [2.24, 2.45) is 0 Å². The first-order valence-electron chi connectivity index (χ1n) is 5.76. The molecule has 2 rings (SSSR count). The van der Waals surface area contributed by atoms with Gasteiger partial charge in [0.15, 0.2) is 0 Å². The third-order valence-electron chi connectivity index (χ3n) is 2.75. The Balaban J connectivity index is 2.12. The molecule has 1 aromatic carbocycles. The molecule has 1 fully saturated rings. The Morgan fingerprint density at radius 1 is 1.33 bits per heavy atom. The molecule has 1 unspecified atom stereocenters. The van der Waals surface area contributed by atoms with Crippen molar-refractivity contribution in [3.63, 3.8) is 0 Å². The summed E-state index contributed by atoms with van der Waals surface area (Å²) in [7, 11) is 1.73. The van der Waals surface area contributed by atoms with Gasteiger partial charge in [-0.2, -0.15) is 0 Å². The van der Waals surface area contributed by atoms with Gasteiger partial charge in [0.25, 0.3) is 0 Å². The lowest BCUT2D eigenvalue weighted by molar-refractivity contribution is -0.125. The highest BCUT2D eigenvalue weighted by Crippen LogP contribution is 2.17. The second-order valence-corrected chi connectivity index (χ2v) is 5.62. The molecule has 1 aliphatic rings. The maximum atomic E-state index is 11.8. The molecule has 0 aliphatic carbocycles. The van der Waals surface area contributed by atoms with Crippen molar-refractivity contribution in [3.8, 4) is 0 Å². The van der Waals surface area contributed by atoms with Crippen LogP contribution in [0, 0.1) is 0 Å². The van der Waals surface area contributed by atoms with E-state index in [1.807, 2.05) is 36.4 Å². The summed E-state index contributed by atoms with van der Waals surface area (Å²) in [6.45, 7) is 0.561. The summed E-state index contributed by atoms with van der Waals surface area (Å²) in [6.07, 6.45) is 5.33. The van der Waals surface area contributed by atoms with E-state index in [1.54, 1.807) is 24.1 Å². The number of hydrogen-bond donors (Lipinski definition) is 0. The van der Waals surface area contributed by atoms with E-state index in [1.165, 1.54) is 0 Å². The molecule has 94 valence electrons. The number of nitrogens with zero attached hydrogens (tertiary/aromatic N) is 1. The van der Waals surface area contributed by atoms with Crippen molar-refractivity contribution >= 4 is 23.2 Å². The predicted octanol–water partition coefficient (Wildman–Crippen LogP) is 1.80. The van der Waals surface area contributed by atoms with Crippen molar-refractivity contribution in [1.82, 2.24) is 4.90 Å². The molecule has 1 heterocycles. The first-order chi connectivity index (χ1) is 8.68. The highest BCUT2D eigenvalue weighted by atomic mass is 32.2. The standard InChI is InChI=1S/C14H15NO2S/c1-15-10-11-18(17)13(14(15)16)9-5-8-12-6-3-2-4-7-12/h2-9H,10-11H2,1H3/b8-5+,13-9+. The topological polar surface area (TPSA) is 43.4 Å². The molecule has 0 spiro atoms. The third kappa shape index (κ3) is 3.03. The fourth-order valence-corrected chi connectivity index (χ4v) is 2.92. The number of hydrogen-bond acceptors (Lipinski definition) is 2. The molecular formula is C14H15NO2S. The predicted molar refractivity (Wildman–Crippen MR) is 74.2 cm³/mol. The van der Waals surface area contributed by atoms with Crippen LogP contribution in [-0.4, -0.2) is 34.7 Å². The van der Waals surface area contributed by atoms with Crippen molar-refractivity contribution in [1.29, 1.82) is 0 Å². The number of rotatable bonds is 2. The van der Waals surface area contributed by atoms with Crippen LogP contribution in [-0.2, 0) is 16.0 Å². The smallest absolute Gasteiger partial charge is 0.301 e. The van der Waals surface area contributed by atoms with Crippen LogP contribution in [0.2, 0.25) is 0 Å². The van der Waals surface area contributed by atoms with Crippen LogP contribution >= 0.6 is 0 Å². The number of carbonyl (C=O) groups is 1. The number of allylic oxidation sites excluding steroid dienone is 2. The molecule has 1 aromatic rings. The van der Waals surface area contributed by atoms with E-state index >= 15 is 0 Å². The minimum Gasteiger partial charge on any atom is -0.611 e. The van der Waals surface area contributed by atoms with E-state index in [0.29, 0.717) is 17.2 Å². The highest BCUT2D eigenvalue weighted by Gasteiger charge is 2.31. The van der Waals surface area contributed by atoms with E-state index in [4.69, 9.17) is 0 Å². The molecular weight excluding hydrogens is 246 g/mol. The number of carbonyl (C=O) groups excluding carboxylic acids is 1. The molecule has 3 nitrogen and oxygen atoms in total. The van der Waals surface area contributed by atoms with Crippen LogP contribution in [0.1, 0.15) is 5.56 Å². The average molecular weight is 261 g/mol. The van der Waals surface area contributed by atoms with Crippen molar-refractivity contribution in [3.05, 3.63) is 53.0 Å². The monoisotopic (exact) mass is 261 g/mol. The van der Waals surface area contributed by atoms with Crippen LogP contribution < -0.4 is 0 Å². The van der Waals surface area contributed by atoms with Gasteiger partial charge < -0.3 is 9.45 Å².